The highest BCUT2D eigenvalue weighted by Crippen LogP contribution is 2.32. The molecule has 194 valence electrons. The highest BCUT2D eigenvalue weighted by Gasteiger charge is 2.28. The van der Waals surface area contributed by atoms with E-state index in [1.165, 1.54) is 31.4 Å². The number of hydrogen-bond acceptors (Lipinski definition) is 5. The van der Waals surface area contributed by atoms with Crippen molar-refractivity contribution in [3.05, 3.63) is 76.8 Å². The van der Waals surface area contributed by atoms with E-state index in [0.29, 0.717) is 24.4 Å². The van der Waals surface area contributed by atoms with Gasteiger partial charge in [-0.3, -0.25) is 13.9 Å². The molecule has 0 saturated carbocycles. The normalized spacial score (nSPS) is 13.5. The van der Waals surface area contributed by atoms with Gasteiger partial charge in [-0.25, -0.2) is 8.42 Å². The topological polar surface area (TPSA) is 96.0 Å². The molecule has 0 atom stereocenters. The minimum Gasteiger partial charge on any atom is -0.495 e. The third-order valence-electron chi connectivity index (χ3n) is 6.18. The van der Waals surface area contributed by atoms with E-state index < -0.39 is 22.5 Å². The van der Waals surface area contributed by atoms with Gasteiger partial charge in [0, 0.05) is 24.3 Å². The standard InChI is InChI=1S/C27H28ClN3O5S/c1-18-6-11-22(12-7-18)37(34,35)31(21-10-13-25(36-3)23(28)16-21)17-26(32)29-20-9-8-19(2)24(15-20)30-14-4-5-27(30)33/h6-13,15-16H,4-5,14,17H2,1-3H3,(H,29,32). The van der Waals surface area contributed by atoms with Crippen LogP contribution in [-0.4, -0.2) is 40.4 Å². The first-order chi connectivity index (χ1) is 17.6. The van der Waals surface area contributed by atoms with E-state index in [2.05, 4.69) is 5.32 Å². The second-order valence-electron chi connectivity index (χ2n) is 8.84. The van der Waals surface area contributed by atoms with E-state index in [9.17, 15) is 18.0 Å². The van der Waals surface area contributed by atoms with Gasteiger partial charge >= 0.3 is 0 Å². The van der Waals surface area contributed by atoms with Crippen LogP contribution in [0.1, 0.15) is 24.0 Å². The van der Waals surface area contributed by atoms with E-state index in [0.717, 1.165) is 27.5 Å². The fraction of sp³-hybridized carbons (Fsp3) is 0.259. The molecule has 0 radical (unpaired) electrons. The summed E-state index contributed by atoms with van der Waals surface area (Å²) in [7, 11) is -2.65. The highest BCUT2D eigenvalue weighted by atomic mass is 35.5. The molecule has 1 fully saturated rings. The van der Waals surface area contributed by atoms with Crippen LogP contribution in [0.25, 0.3) is 0 Å². The summed E-state index contributed by atoms with van der Waals surface area (Å²) in [6, 6.07) is 16.2. The zero-order valence-corrected chi connectivity index (χ0v) is 22.4. The van der Waals surface area contributed by atoms with E-state index >= 15 is 0 Å². The maximum absolute atomic E-state index is 13.6. The van der Waals surface area contributed by atoms with Gasteiger partial charge in [-0.2, -0.15) is 0 Å². The Hall–Kier alpha value is -3.56. The van der Waals surface area contributed by atoms with Crippen LogP contribution in [0, 0.1) is 13.8 Å². The van der Waals surface area contributed by atoms with Crippen molar-refractivity contribution in [2.75, 3.05) is 34.7 Å². The molecule has 37 heavy (non-hydrogen) atoms. The molecule has 1 heterocycles. The highest BCUT2D eigenvalue weighted by molar-refractivity contribution is 7.92. The minimum atomic E-state index is -4.11. The minimum absolute atomic E-state index is 0.0401. The Bertz CT molecular complexity index is 1440. The van der Waals surface area contributed by atoms with Gasteiger partial charge in [0.2, 0.25) is 11.8 Å². The van der Waals surface area contributed by atoms with Gasteiger partial charge in [-0.15, -0.1) is 0 Å². The van der Waals surface area contributed by atoms with Gasteiger partial charge < -0.3 is 15.0 Å². The maximum atomic E-state index is 13.6. The van der Waals surface area contributed by atoms with Crippen LogP contribution in [0.5, 0.6) is 5.75 Å². The molecule has 8 nitrogen and oxygen atoms in total. The van der Waals surface area contributed by atoms with E-state index in [4.69, 9.17) is 16.3 Å². The van der Waals surface area contributed by atoms with Crippen LogP contribution in [0.15, 0.2) is 65.6 Å². The molecule has 0 aliphatic carbocycles. The molecule has 0 unspecified atom stereocenters. The van der Waals surface area contributed by atoms with Crippen molar-refractivity contribution in [3.8, 4) is 5.75 Å². The second-order valence-corrected chi connectivity index (χ2v) is 11.1. The van der Waals surface area contributed by atoms with Crippen molar-refractivity contribution >= 4 is 50.5 Å². The number of nitrogens with zero attached hydrogens (tertiary/aromatic N) is 2. The summed E-state index contributed by atoms with van der Waals surface area (Å²) in [5.41, 5.74) is 3.22. The lowest BCUT2D eigenvalue weighted by Crippen LogP contribution is -2.38. The lowest BCUT2D eigenvalue weighted by atomic mass is 10.1. The average Bonchev–Trinajstić information content (AvgIpc) is 3.29. The summed E-state index contributed by atoms with van der Waals surface area (Å²) in [6.45, 7) is 3.88. The number of amides is 2. The number of benzene rings is 3. The number of nitrogens with one attached hydrogen (secondary N) is 1. The molecule has 1 N–H and O–H groups in total. The Morgan fingerprint density at radius 3 is 2.43 bits per heavy atom. The first-order valence-electron chi connectivity index (χ1n) is 11.7. The number of halogens is 1. The second kappa shape index (κ2) is 10.8. The van der Waals surface area contributed by atoms with Crippen LogP contribution >= 0.6 is 11.6 Å². The Morgan fingerprint density at radius 2 is 1.81 bits per heavy atom. The summed E-state index contributed by atoms with van der Waals surface area (Å²) in [5.74, 6) is -0.130. The Labute approximate surface area is 221 Å². The molecule has 3 aromatic rings. The largest absolute Gasteiger partial charge is 0.495 e. The van der Waals surface area contributed by atoms with E-state index in [1.54, 1.807) is 35.2 Å². The Balaban J connectivity index is 1.64. The number of rotatable bonds is 8. The molecule has 3 aromatic carbocycles. The summed E-state index contributed by atoms with van der Waals surface area (Å²) in [5, 5.41) is 2.99. The quantitative estimate of drug-likeness (QED) is 0.436. The number of carbonyl (C=O) groups excluding carboxylic acids is 2. The van der Waals surface area contributed by atoms with Gasteiger partial charge in [-0.1, -0.05) is 35.4 Å². The number of sulfonamides is 1. The molecule has 1 aliphatic heterocycles. The van der Waals surface area contributed by atoms with Gasteiger partial charge in [0.05, 0.1) is 22.7 Å². The monoisotopic (exact) mass is 541 g/mol. The van der Waals surface area contributed by atoms with Crippen molar-refractivity contribution in [2.24, 2.45) is 0 Å². The summed E-state index contributed by atoms with van der Waals surface area (Å²) >= 11 is 6.28. The lowest BCUT2D eigenvalue weighted by molar-refractivity contribution is -0.117. The van der Waals surface area contributed by atoms with Crippen LogP contribution in [0.4, 0.5) is 17.1 Å². The summed E-state index contributed by atoms with van der Waals surface area (Å²) in [4.78, 5) is 27.2. The molecule has 0 spiro atoms. The molecule has 2 amide bonds. The van der Waals surface area contributed by atoms with Crippen molar-refractivity contribution < 1.29 is 22.7 Å². The van der Waals surface area contributed by atoms with Gasteiger partial charge in [0.25, 0.3) is 10.0 Å². The fourth-order valence-electron chi connectivity index (χ4n) is 4.17. The van der Waals surface area contributed by atoms with Crippen LogP contribution < -0.4 is 19.3 Å². The first-order valence-corrected chi connectivity index (χ1v) is 13.6. The number of hydrogen-bond donors (Lipinski definition) is 1. The number of carbonyl (C=O) groups is 2. The summed E-state index contributed by atoms with van der Waals surface area (Å²) < 4.78 is 33.5. The SMILES string of the molecule is COc1ccc(N(CC(=O)Nc2ccc(C)c(N3CCCC3=O)c2)S(=O)(=O)c2ccc(C)cc2)cc1Cl. The maximum Gasteiger partial charge on any atom is 0.264 e. The van der Waals surface area contributed by atoms with E-state index in [-0.39, 0.29) is 21.5 Å². The van der Waals surface area contributed by atoms with Crippen LogP contribution in [0.2, 0.25) is 5.02 Å². The lowest BCUT2D eigenvalue weighted by Gasteiger charge is -2.25. The smallest absolute Gasteiger partial charge is 0.264 e. The average molecular weight is 542 g/mol. The van der Waals surface area contributed by atoms with Gasteiger partial charge in [0.15, 0.2) is 0 Å². The fourth-order valence-corrected chi connectivity index (χ4v) is 5.84. The number of aryl methyl sites for hydroxylation is 2. The Kier molecular flexibility index (Phi) is 7.75. The molecular weight excluding hydrogens is 514 g/mol. The van der Waals surface area contributed by atoms with Crippen molar-refractivity contribution in [1.29, 1.82) is 0 Å². The summed E-state index contributed by atoms with van der Waals surface area (Å²) in [6.07, 6.45) is 1.28. The zero-order chi connectivity index (χ0) is 26.7. The van der Waals surface area contributed by atoms with E-state index in [1.807, 2.05) is 19.9 Å². The molecule has 4 rings (SSSR count). The molecule has 0 aromatic heterocycles. The predicted molar refractivity (Wildman–Crippen MR) is 145 cm³/mol. The molecule has 1 aliphatic rings. The van der Waals surface area contributed by atoms with Crippen molar-refractivity contribution in [2.45, 2.75) is 31.6 Å². The molecule has 10 heteroatoms. The number of ether oxygens (including phenoxy) is 1. The third-order valence-corrected chi connectivity index (χ3v) is 8.26. The van der Waals surface area contributed by atoms with Crippen LogP contribution in [0.3, 0.4) is 0 Å². The molecule has 1 saturated heterocycles. The van der Waals surface area contributed by atoms with Gasteiger partial charge in [0.1, 0.15) is 12.3 Å². The van der Waals surface area contributed by atoms with Crippen LogP contribution in [-0.2, 0) is 19.6 Å². The Morgan fingerprint density at radius 1 is 1.08 bits per heavy atom. The third kappa shape index (κ3) is 5.73. The number of methoxy groups -OCH3 is 1. The molecule has 0 bridgehead atoms. The number of anilines is 3. The van der Waals surface area contributed by atoms with Gasteiger partial charge in [-0.05, 0) is 68.3 Å². The predicted octanol–water partition coefficient (Wildman–Crippen LogP) is 4.93. The van der Waals surface area contributed by atoms with Crippen molar-refractivity contribution in [1.82, 2.24) is 0 Å². The van der Waals surface area contributed by atoms with Crippen molar-refractivity contribution in [3.63, 3.8) is 0 Å². The first kappa shape index (κ1) is 26.5. The molecular formula is C27H28ClN3O5S. The zero-order valence-electron chi connectivity index (χ0n) is 20.8.